The number of nitrogens with zero attached hydrogens (tertiary/aromatic N) is 2. The molecule has 0 unspecified atom stereocenters. The van der Waals surface area contributed by atoms with Gasteiger partial charge in [-0.1, -0.05) is 25.4 Å². The molecule has 31 heavy (non-hydrogen) atoms. The van der Waals surface area contributed by atoms with Gasteiger partial charge < -0.3 is 10.2 Å². The summed E-state index contributed by atoms with van der Waals surface area (Å²) in [6, 6.07) is 8.43. The predicted molar refractivity (Wildman–Crippen MR) is 122 cm³/mol. The molecular weight excluding hydrogens is 441 g/mol. The van der Waals surface area contributed by atoms with E-state index in [2.05, 4.69) is 10.2 Å². The van der Waals surface area contributed by atoms with Crippen molar-refractivity contribution in [3.8, 4) is 0 Å². The molecule has 1 aliphatic rings. The van der Waals surface area contributed by atoms with Crippen molar-refractivity contribution < 1.29 is 17.6 Å². The third-order valence-corrected chi connectivity index (χ3v) is 7.95. The minimum atomic E-state index is -3.84. The quantitative estimate of drug-likeness (QED) is 0.637. The second-order valence-electron chi connectivity index (χ2n) is 7.40. The Morgan fingerprint density at radius 2 is 1.77 bits per heavy atom. The molecule has 1 N–H and O–H groups in total. The lowest BCUT2D eigenvalue weighted by Crippen LogP contribution is -2.31. The fourth-order valence-corrected chi connectivity index (χ4v) is 5.72. The lowest BCUT2D eigenvalue weighted by molar-refractivity contribution is 0.102. The summed E-state index contributed by atoms with van der Waals surface area (Å²) in [4.78, 5) is 15.0. The molecule has 0 radical (unpaired) electrons. The van der Waals surface area contributed by atoms with Gasteiger partial charge in [-0.25, -0.2) is 12.8 Å². The molecule has 2 aromatic rings. The second kappa shape index (κ2) is 9.97. The Hall–Kier alpha value is -2.16. The Labute approximate surface area is 188 Å². The van der Waals surface area contributed by atoms with Gasteiger partial charge in [0.2, 0.25) is 10.0 Å². The second-order valence-corrected chi connectivity index (χ2v) is 9.71. The fourth-order valence-electron chi connectivity index (χ4n) is 3.76. The highest BCUT2D eigenvalue weighted by Crippen LogP contribution is 2.31. The van der Waals surface area contributed by atoms with Crippen molar-refractivity contribution in [1.29, 1.82) is 0 Å². The maximum absolute atomic E-state index is 13.9. The van der Waals surface area contributed by atoms with Crippen molar-refractivity contribution in [3.63, 3.8) is 0 Å². The summed E-state index contributed by atoms with van der Waals surface area (Å²) in [5.41, 5.74) is 1.23. The van der Waals surface area contributed by atoms with Crippen LogP contribution in [-0.2, 0) is 10.0 Å². The zero-order valence-corrected chi connectivity index (χ0v) is 19.3. The molecule has 0 spiro atoms. The van der Waals surface area contributed by atoms with Crippen LogP contribution in [0, 0.1) is 5.82 Å². The van der Waals surface area contributed by atoms with E-state index < -0.39 is 21.7 Å². The van der Waals surface area contributed by atoms with Gasteiger partial charge >= 0.3 is 0 Å². The van der Waals surface area contributed by atoms with Crippen molar-refractivity contribution in [2.24, 2.45) is 0 Å². The standard InChI is InChI=1S/C22H27ClFN3O3S/c1-3-27(4-2)31(29,30)21-14-16(8-10-18(21)23)22(28)25-19-15-17(24)9-11-20(19)26-12-6-5-7-13-26/h8-11,14-15H,3-7,12-13H2,1-2H3,(H,25,28). The average Bonchev–Trinajstić information content (AvgIpc) is 2.75. The van der Waals surface area contributed by atoms with Crippen molar-refractivity contribution >= 4 is 38.9 Å². The molecule has 1 aliphatic heterocycles. The number of hydrogen-bond acceptors (Lipinski definition) is 4. The molecule has 0 aromatic heterocycles. The number of nitrogens with one attached hydrogen (secondary N) is 1. The summed E-state index contributed by atoms with van der Waals surface area (Å²) in [6.07, 6.45) is 3.22. The molecule has 0 bridgehead atoms. The monoisotopic (exact) mass is 467 g/mol. The predicted octanol–water partition coefficient (Wildman–Crippen LogP) is 4.75. The molecule has 2 aromatic carbocycles. The molecule has 0 saturated carbocycles. The van der Waals surface area contributed by atoms with Crippen LogP contribution in [0.4, 0.5) is 15.8 Å². The molecule has 0 aliphatic carbocycles. The Balaban J connectivity index is 1.92. The number of piperidine rings is 1. The van der Waals surface area contributed by atoms with Gasteiger partial charge in [-0.3, -0.25) is 4.79 Å². The van der Waals surface area contributed by atoms with E-state index in [-0.39, 0.29) is 28.6 Å². The lowest BCUT2D eigenvalue weighted by Gasteiger charge is -2.30. The largest absolute Gasteiger partial charge is 0.370 e. The van der Waals surface area contributed by atoms with Gasteiger partial charge in [-0.15, -0.1) is 0 Å². The molecular formula is C22H27ClFN3O3S. The zero-order valence-electron chi connectivity index (χ0n) is 17.7. The number of benzene rings is 2. The van der Waals surface area contributed by atoms with E-state index in [0.717, 1.165) is 38.0 Å². The first-order chi connectivity index (χ1) is 14.8. The number of halogens is 2. The van der Waals surface area contributed by atoms with Crippen LogP contribution in [0.1, 0.15) is 43.5 Å². The van der Waals surface area contributed by atoms with Crippen molar-refractivity contribution in [2.75, 3.05) is 36.4 Å². The highest BCUT2D eigenvalue weighted by atomic mass is 35.5. The van der Waals surface area contributed by atoms with E-state index in [9.17, 15) is 17.6 Å². The third kappa shape index (κ3) is 5.19. The van der Waals surface area contributed by atoms with Gasteiger partial charge in [0, 0.05) is 31.7 Å². The molecule has 1 fully saturated rings. The summed E-state index contributed by atoms with van der Waals surface area (Å²) >= 11 is 6.16. The van der Waals surface area contributed by atoms with Crippen LogP contribution in [0.15, 0.2) is 41.3 Å². The average molecular weight is 468 g/mol. The number of anilines is 2. The minimum Gasteiger partial charge on any atom is -0.370 e. The number of amides is 1. The lowest BCUT2D eigenvalue weighted by atomic mass is 10.1. The van der Waals surface area contributed by atoms with E-state index in [1.54, 1.807) is 19.9 Å². The van der Waals surface area contributed by atoms with Crippen LogP contribution in [-0.4, -0.2) is 44.8 Å². The molecule has 6 nitrogen and oxygen atoms in total. The van der Waals surface area contributed by atoms with Crippen LogP contribution in [0.2, 0.25) is 5.02 Å². The number of carbonyl (C=O) groups excluding carboxylic acids is 1. The summed E-state index contributed by atoms with van der Waals surface area (Å²) in [6.45, 7) is 5.71. The van der Waals surface area contributed by atoms with Crippen molar-refractivity contribution in [3.05, 3.63) is 52.8 Å². The normalized spacial score (nSPS) is 14.7. The summed E-state index contributed by atoms with van der Waals surface area (Å²) < 4.78 is 41.0. The maximum atomic E-state index is 13.9. The van der Waals surface area contributed by atoms with Gasteiger partial charge in [-0.05, 0) is 55.7 Å². The summed E-state index contributed by atoms with van der Waals surface area (Å²) in [7, 11) is -3.84. The fraction of sp³-hybridized carbons (Fsp3) is 0.409. The molecule has 1 amide bonds. The van der Waals surface area contributed by atoms with Crippen LogP contribution in [0.3, 0.4) is 0 Å². The first kappa shape index (κ1) is 23.5. The summed E-state index contributed by atoms with van der Waals surface area (Å²) in [5.74, 6) is -0.992. The van der Waals surface area contributed by atoms with Crippen molar-refractivity contribution in [1.82, 2.24) is 4.31 Å². The van der Waals surface area contributed by atoms with Crippen LogP contribution in [0.25, 0.3) is 0 Å². The Morgan fingerprint density at radius 1 is 1.10 bits per heavy atom. The minimum absolute atomic E-state index is 0.0446. The van der Waals surface area contributed by atoms with E-state index in [0.29, 0.717) is 5.69 Å². The molecule has 1 heterocycles. The molecule has 1 saturated heterocycles. The smallest absolute Gasteiger partial charge is 0.255 e. The van der Waals surface area contributed by atoms with Crippen LogP contribution in [0.5, 0.6) is 0 Å². The van der Waals surface area contributed by atoms with Gasteiger partial charge in [-0.2, -0.15) is 4.31 Å². The zero-order chi connectivity index (χ0) is 22.6. The Bertz CT molecular complexity index is 1050. The number of hydrogen-bond donors (Lipinski definition) is 1. The topological polar surface area (TPSA) is 69.7 Å². The van der Waals surface area contributed by atoms with Gasteiger partial charge in [0.15, 0.2) is 0 Å². The van der Waals surface area contributed by atoms with Gasteiger partial charge in [0.05, 0.1) is 16.4 Å². The summed E-state index contributed by atoms with van der Waals surface area (Å²) in [5, 5.41) is 2.79. The molecule has 168 valence electrons. The Kier molecular flexibility index (Phi) is 7.56. The molecule has 9 heteroatoms. The van der Waals surface area contributed by atoms with Crippen molar-refractivity contribution in [2.45, 2.75) is 38.0 Å². The van der Waals surface area contributed by atoms with E-state index >= 15 is 0 Å². The molecule has 3 rings (SSSR count). The Morgan fingerprint density at radius 3 is 2.42 bits per heavy atom. The van der Waals surface area contributed by atoms with Gasteiger partial charge in [0.25, 0.3) is 5.91 Å². The first-order valence-corrected chi connectivity index (χ1v) is 12.2. The maximum Gasteiger partial charge on any atom is 0.255 e. The highest BCUT2D eigenvalue weighted by molar-refractivity contribution is 7.89. The number of rotatable bonds is 7. The van der Waals surface area contributed by atoms with Crippen LogP contribution >= 0.6 is 11.6 Å². The van der Waals surface area contributed by atoms with E-state index in [1.165, 1.54) is 34.6 Å². The highest BCUT2D eigenvalue weighted by Gasteiger charge is 2.26. The SMILES string of the molecule is CCN(CC)S(=O)(=O)c1cc(C(=O)Nc2cc(F)ccc2N2CCCCC2)ccc1Cl. The van der Waals surface area contributed by atoms with Gasteiger partial charge in [0.1, 0.15) is 10.7 Å². The van der Waals surface area contributed by atoms with Crippen LogP contribution < -0.4 is 10.2 Å². The van der Waals surface area contributed by atoms with E-state index in [1.807, 2.05) is 0 Å². The number of carbonyl (C=O) groups is 1. The number of sulfonamides is 1. The molecule has 0 atom stereocenters. The van der Waals surface area contributed by atoms with E-state index in [4.69, 9.17) is 11.6 Å². The first-order valence-electron chi connectivity index (χ1n) is 10.4. The third-order valence-electron chi connectivity index (χ3n) is 5.42.